The van der Waals surface area contributed by atoms with Crippen molar-refractivity contribution in [3.63, 3.8) is 0 Å². The largest absolute Gasteiger partial charge is 0.428 e. The van der Waals surface area contributed by atoms with E-state index >= 15 is 0 Å². The first-order valence-corrected chi connectivity index (χ1v) is 17.7. The summed E-state index contributed by atoms with van der Waals surface area (Å²) in [6, 6.07) is 0. The number of hydrogen-bond acceptors (Lipinski definition) is 4. The Bertz CT molecular complexity index is 533. The number of azide groups is 1. The van der Waals surface area contributed by atoms with Gasteiger partial charge in [-0.3, -0.25) is 0 Å². The molecule has 0 bridgehead atoms. The summed E-state index contributed by atoms with van der Waals surface area (Å²) in [6.45, 7) is 27.6. The zero-order valence-electron chi connectivity index (χ0n) is 18.3. The van der Waals surface area contributed by atoms with Crippen molar-refractivity contribution in [2.75, 3.05) is 0 Å². The van der Waals surface area contributed by atoms with Crippen molar-refractivity contribution in [3.8, 4) is 0 Å². The van der Waals surface area contributed by atoms with Crippen LogP contribution < -0.4 is 0 Å². The third kappa shape index (κ3) is 4.16. The number of hydrogen-bond donors (Lipinski definition) is 0. The standard InChI is InChI=1S/C16H38N6Si3/c1-15(2,3)20-13-14-21(16(4,5)6)25(20,19-18-17)22(23(7,8)9)24(10,11)12/h13-14H,1-12H3. The van der Waals surface area contributed by atoms with Gasteiger partial charge in [0.15, 0.2) is 0 Å². The van der Waals surface area contributed by atoms with Crippen molar-refractivity contribution < 1.29 is 0 Å². The lowest BCUT2D eigenvalue weighted by atomic mass is 10.1. The summed E-state index contributed by atoms with van der Waals surface area (Å²) in [4.78, 5) is 3.43. The summed E-state index contributed by atoms with van der Waals surface area (Å²) < 4.78 is 12.2. The fraction of sp³-hybridized carbons (Fsp3) is 0.875. The molecule has 1 aliphatic rings. The minimum atomic E-state index is -2.84. The Kier molecular flexibility index (Phi) is 5.76. The Balaban J connectivity index is 3.92. The molecule has 0 atom stereocenters. The van der Waals surface area contributed by atoms with Gasteiger partial charge >= 0.3 is 8.72 Å². The van der Waals surface area contributed by atoms with Gasteiger partial charge in [0.25, 0.3) is 0 Å². The molecule has 0 unspecified atom stereocenters. The summed E-state index contributed by atoms with van der Waals surface area (Å²) in [7, 11) is -6.38. The maximum Gasteiger partial charge on any atom is 0.428 e. The summed E-state index contributed by atoms with van der Waals surface area (Å²) in [5, 5.41) is 0. The summed E-state index contributed by atoms with van der Waals surface area (Å²) >= 11 is 0. The first kappa shape index (κ1) is 22.3. The summed E-state index contributed by atoms with van der Waals surface area (Å²) in [5.41, 5.74) is 9.42. The van der Waals surface area contributed by atoms with Gasteiger partial charge in [0, 0.05) is 28.4 Å². The third-order valence-corrected chi connectivity index (χ3v) is 20.7. The first-order chi connectivity index (χ1) is 10.9. The molecule has 1 heterocycles. The minimum Gasteiger partial charge on any atom is -0.366 e. The molecule has 0 aromatic rings. The molecule has 144 valence electrons. The number of nitrogens with zero attached hydrogens (tertiary/aromatic N) is 6. The van der Waals surface area contributed by atoms with E-state index in [9.17, 15) is 5.53 Å². The molecule has 0 amide bonds. The van der Waals surface area contributed by atoms with Gasteiger partial charge in [0.1, 0.15) is 16.5 Å². The van der Waals surface area contributed by atoms with Crippen LogP contribution >= 0.6 is 0 Å². The topological polar surface area (TPSA) is 58.5 Å². The molecule has 0 N–H and O–H groups in total. The highest BCUT2D eigenvalue weighted by molar-refractivity contribution is 7.02. The molecule has 0 saturated carbocycles. The Morgan fingerprint density at radius 2 is 1.16 bits per heavy atom. The van der Waals surface area contributed by atoms with E-state index in [-0.39, 0.29) is 11.1 Å². The molecule has 0 fully saturated rings. The SMILES string of the molecule is CC(C)(C)N1C=CN(C(C)(C)C)[Si]1(N=[N+]=[N-])N([Si](C)(C)C)[Si](C)(C)C. The van der Waals surface area contributed by atoms with Crippen LogP contribution in [0.5, 0.6) is 0 Å². The van der Waals surface area contributed by atoms with Crippen LogP contribution in [-0.2, 0) is 0 Å². The van der Waals surface area contributed by atoms with Crippen LogP contribution in [-0.4, -0.2) is 49.3 Å². The highest BCUT2D eigenvalue weighted by Crippen LogP contribution is 2.43. The van der Waals surface area contributed by atoms with Crippen LogP contribution in [0.3, 0.4) is 0 Å². The smallest absolute Gasteiger partial charge is 0.366 e. The first-order valence-electron chi connectivity index (χ1n) is 9.04. The lowest BCUT2D eigenvalue weighted by molar-refractivity contribution is 0.245. The Labute approximate surface area is 158 Å². The average Bonchev–Trinajstić information content (AvgIpc) is 2.63. The highest BCUT2D eigenvalue weighted by atomic mass is 28.5. The lowest BCUT2D eigenvalue weighted by Gasteiger charge is -2.61. The van der Waals surface area contributed by atoms with E-state index < -0.39 is 25.2 Å². The maximum atomic E-state index is 9.66. The predicted molar refractivity (Wildman–Crippen MR) is 116 cm³/mol. The van der Waals surface area contributed by atoms with Crippen molar-refractivity contribution in [2.24, 2.45) is 4.78 Å². The van der Waals surface area contributed by atoms with E-state index in [1.807, 2.05) is 0 Å². The van der Waals surface area contributed by atoms with Crippen LogP contribution in [0.25, 0.3) is 10.4 Å². The van der Waals surface area contributed by atoms with Gasteiger partial charge in [-0.2, -0.15) is 0 Å². The van der Waals surface area contributed by atoms with Crippen molar-refractivity contribution in [1.29, 1.82) is 0 Å². The maximum absolute atomic E-state index is 9.66. The monoisotopic (exact) mass is 398 g/mol. The zero-order valence-corrected chi connectivity index (χ0v) is 21.3. The predicted octanol–water partition coefficient (Wildman–Crippen LogP) is 5.39. The molecule has 0 radical (unpaired) electrons. The molecule has 1 aliphatic heterocycles. The zero-order chi connectivity index (χ0) is 20.1. The van der Waals surface area contributed by atoms with E-state index in [0.29, 0.717) is 0 Å². The van der Waals surface area contributed by atoms with Gasteiger partial charge in [-0.15, -0.1) is 0 Å². The van der Waals surface area contributed by atoms with Crippen molar-refractivity contribution in [1.82, 2.24) is 13.0 Å². The summed E-state index contributed by atoms with van der Waals surface area (Å²) in [6.07, 6.45) is 4.33. The Morgan fingerprint density at radius 3 is 1.36 bits per heavy atom. The quantitative estimate of drug-likeness (QED) is 0.276. The molecular weight excluding hydrogens is 360 g/mol. The van der Waals surface area contributed by atoms with Gasteiger partial charge in [-0.25, -0.2) is 0 Å². The van der Waals surface area contributed by atoms with Crippen molar-refractivity contribution >= 4 is 25.2 Å². The second-order valence-electron chi connectivity index (χ2n) is 10.8. The second kappa shape index (κ2) is 6.45. The van der Waals surface area contributed by atoms with E-state index in [2.05, 4.69) is 116 Å². The number of rotatable bonds is 4. The van der Waals surface area contributed by atoms with Crippen molar-refractivity contribution in [2.45, 2.75) is 91.9 Å². The molecule has 6 nitrogen and oxygen atoms in total. The van der Waals surface area contributed by atoms with Crippen LogP contribution in [0.2, 0.25) is 39.3 Å². The molecule has 25 heavy (non-hydrogen) atoms. The lowest BCUT2D eigenvalue weighted by Crippen LogP contribution is -2.83. The van der Waals surface area contributed by atoms with E-state index in [1.165, 1.54) is 0 Å². The third-order valence-electron chi connectivity index (χ3n) is 4.28. The van der Waals surface area contributed by atoms with Gasteiger partial charge in [0.2, 0.25) is 0 Å². The van der Waals surface area contributed by atoms with E-state index in [4.69, 9.17) is 0 Å². The van der Waals surface area contributed by atoms with Gasteiger partial charge in [0.05, 0.1) is 0 Å². The van der Waals surface area contributed by atoms with Crippen LogP contribution in [0.15, 0.2) is 17.2 Å². The Morgan fingerprint density at radius 1 is 0.840 bits per heavy atom. The van der Waals surface area contributed by atoms with Crippen LogP contribution in [0.4, 0.5) is 0 Å². The normalized spacial score (nSPS) is 18.8. The minimum absolute atomic E-state index is 0.117. The van der Waals surface area contributed by atoms with Gasteiger partial charge < -0.3 is 13.0 Å². The van der Waals surface area contributed by atoms with Crippen LogP contribution in [0, 0.1) is 0 Å². The molecule has 0 saturated heterocycles. The second-order valence-corrected chi connectivity index (χ2v) is 24.6. The highest BCUT2D eigenvalue weighted by Gasteiger charge is 2.63. The van der Waals surface area contributed by atoms with E-state index in [1.54, 1.807) is 0 Å². The van der Waals surface area contributed by atoms with Gasteiger partial charge in [-0.1, -0.05) is 44.1 Å². The molecule has 1 rings (SSSR count). The summed E-state index contributed by atoms with van der Waals surface area (Å²) in [5.74, 6) is 0. The molecule has 0 aromatic carbocycles. The van der Waals surface area contributed by atoms with Crippen molar-refractivity contribution in [3.05, 3.63) is 22.8 Å². The fourth-order valence-corrected chi connectivity index (χ4v) is 24.3. The molecule has 0 aromatic heterocycles. The van der Waals surface area contributed by atoms with Crippen LogP contribution in [0.1, 0.15) is 41.5 Å². The molecular formula is C16H38N6Si3. The average molecular weight is 399 g/mol. The molecule has 9 heteroatoms. The molecule has 0 spiro atoms. The fourth-order valence-electron chi connectivity index (χ4n) is 4.12. The van der Waals surface area contributed by atoms with Gasteiger partial charge in [-0.05, 0) is 47.1 Å². The molecule has 0 aliphatic carbocycles. The van der Waals surface area contributed by atoms with E-state index in [0.717, 1.165) is 0 Å². The Hall–Kier alpha value is -0.739.